The van der Waals surface area contributed by atoms with Crippen LogP contribution in [-0.4, -0.2) is 10.6 Å². The number of hydrogen-bond donors (Lipinski definition) is 1. The Hall–Kier alpha value is -1.32. The number of rotatable bonds is 5. The van der Waals surface area contributed by atoms with Crippen LogP contribution in [0.15, 0.2) is 36.7 Å². The molecule has 19 heavy (non-hydrogen) atoms. The summed E-state index contributed by atoms with van der Waals surface area (Å²) in [6.45, 7) is 2.51. The van der Waals surface area contributed by atoms with Crippen LogP contribution in [0.3, 0.4) is 0 Å². The first kappa shape index (κ1) is 14.1. The molecule has 0 saturated carbocycles. The molecule has 4 heteroatoms. The quantitative estimate of drug-likeness (QED) is 0.891. The zero-order valence-corrected chi connectivity index (χ0v) is 11.7. The van der Waals surface area contributed by atoms with Crippen LogP contribution in [0.1, 0.15) is 24.5 Å². The second-order valence-electron chi connectivity index (χ2n) is 4.76. The van der Waals surface area contributed by atoms with E-state index in [1.165, 1.54) is 11.6 Å². The Morgan fingerprint density at radius 2 is 2.16 bits per heavy atom. The highest BCUT2D eigenvalue weighted by atomic mass is 35.5. The van der Waals surface area contributed by atoms with E-state index in [0.29, 0.717) is 17.1 Å². The summed E-state index contributed by atoms with van der Waals surface area (Å²) in [5.74, 6) is -0.270. The maximum absolute atomic E-state index is 13.7. The van der Waals surface area contributed by atoms with Crippen LogP contribution in [0.2, 0.25) is 5.02 Å². The summed E-state index contributed by atoms with van der Waals surface area (Å²) < 4.78 is 15.6. The van der Waals surface area contributed by atoms with Crippen molar-refractivity contribution in [3.05, 3.63) is 58.6 Å². The van der Waals surface area contributed by atoms with E-state index in [1.807, 2.05) is 23.0 Å². The minimum absolute atomic E-state index is 0.174. The van der Waals surface area contributed by atoms with Gasteiger partial charge >= 0.3 is 0 Å². The molecule has 2 aromatic rings. The van der Waals surface area contributed by atoms with Crippen LogP contribution in [0.5, 0.6) is 0 Å². The smallest absolute Gasteiger partial charge is 0.129 e. The third-order valence-corrected chi connectivity index (χ3v) is 3.59. The Kier molecular flexibility index (Phi) is 4.61. The van der Waals surface area contributed by atoms with Gasteiger partial charge in [0.05, 0.1) is 6.54 Å². The van der Waals surface area contributed by atoms with E-state index < -0.39 is 0 Å². The van der Waals surface area contributed by atoms with Gasteiger partial charge in [-0.2, -0.15) is 0 Å². The van der Waals surface area contributed by atoms with Crippen molar-refractivity contribution in [2.45, 2.75) is 32.4 Å². The molecule has 1 heterocycles. The van der Waals surface area contributed by atoms with Gasteiger partial charge in [0.15, 0.2) is 0 Å². The molecule has 0 aliphatic rings. The molecule has 2 nitrogen and oxygen atoms in total. The predicted octanol–water partition coefficient (Wildman–Crippen LogP) is 3.61. The van der Waals surface area contributed by atoms with Gasteiger partial charge in [0.1, 0.15) is 5.82 Å². The highest BCUT2D eigenvalue weighted by molar-refractivity contribution is 6.31. The first-order valence-corrected chi connectivity index (χ1v) is 6.81. The first-order valence-electron chi connectivity index (χ1n) is 6.43. The fourth-order valence-corrected chi connectivity index (χ4v) is 2.25. The van der Waals surface area contributed by atoms with Crippen molar-refractivity contribution in [2.24, 2.45) is 5.73 Å². The molecule has 0 saturated heterocycles. The molecule has 0 bridgehead atoms. The molecule has 1 atom stereocenters. The summed E-state index contributed by atoms with van der Waals surface area (Å²) in [4.78, 5) is 0. The third kappa shape index (κ3) is 3.58. The molecule has 1 unspecified atom stereocenters. The highest BCUT2D eigenvalue weighted by Crippen LogP contribution is 2.20. The molecule has 1 aromatic heterocycles. The number of aromatic nitrogens is 1. The zero-order valence-electron chi connectivity index (χ0n) is 10.9. The van der Waals surface area contributed by atoms with Crippen molar-refractivity contribution in [2.75, 3.05) is 0 Å². The van der Waals surface area contributed by atoms with Crippen molar-refractivity contribution in [1.29, 1.82) is 0 Å². The number of hydrogen-bond acceptors (Lipinski definition) is 1. The molecule has 0 spiro atoms. The molecular weight excluding hydrogens is 263 g/mol. The van der Waals surface area contributed by atoms with E-state index in [9.17, 15) is 4.39 Å². The van der Waals surface area contributed by atoms with Gasteiger partial charge in [-0.15, -0.1) is 0 Å². The average molecular weight is 281 g/mol. The number of nitrogens with two attached hydrogens (primary N) is 1. The minimum Gasteiger partial charge on any atom is -0.349 e. The van der Waals surface area contributed by atoms with Crippen LogP contribution in [-0.2, 0) is 13.0 Å². The number of benzene rings is 1. The fraction of sp³-hybridized carbons (Fsp3) is 0.333. The summed E-state index contributed by atoms with van der Waals surface area (Å²) in [7, 11) is 0. The lowest BCUT2D eigenvalue weighted by Gasteiger charge is -2.08. The van der Waals surface area contributed by atoms with Gasteiger partial charge in [0.25, 0.3) is 0 Å². The molecule has 0 radical (unpaired) electrons. The molecule has 102 valence electrons. The van der Waals surface area contributed by atoms with Crippen molar-refractivity contribution < 1.29 is 4.39 Å². The lowest BCUT2D eigenvalue weighted by molar-refractivity contribution is 0.599. The normalized spacial score (nSPS) is 12.6. The van der Waals surface area contributed by atoms with Crippen LogP contribution in [0.4, 0.5) is 4.39 Å². The highest BCUT2D eigenvalue weighted by Gasteiger charge is 2.08. The Morgan fingerprint density at radius 1 is 1.37 bits per heavy atom. The minimum atomic E-state index is -0.270. The fourth-order valence-electron chi connectivity index (χ4n) is 2.02. The molecule has 0 amide bonds. The van der Waals surface area contributed by atoms with E-state index in [-0.39, 0.29) is 11.9 Å². The van der Waals surface area contributed by atoms with Crippen LogP contribution in [0.25, 0.3) is 0 Å². The van der Waals surface area contributed by atoms with E-state index >= 15 is 0 Å². The van der Waals surface area contributed by atoms with E-state index in [4.69, 9.17) is 17.3 Å². The second-order valence-corrected chi connectivity index (χ2v) is 5.17. The van der Waals surface area contributed by atoms with E-state index in [1.54, 1.807) is 12.1 Å². The van der Waals surface area contributed by atoms with Crippen LogP contribution < -0.4 is 5.73 Å². The van der Waals surface area contributed by atoms with Gasteiger partial charge in [-0.3, -0.25) is 0 Å². The predicted molar refractivity (Wildman–Crippen MR) is 76.9 cm³/mol. The van der Waals surface area contributed by atoms with Gasteiger partial charge in [0.2, 0.25) is 0 Å². The third-order valence-electron chi connectivity index (χ3n) is 3.24. The summed E-state index contributed by atoms with van der Waals surface area (Å²) >= 11 is 6.02. The molecule has 2 rings (SSSR count). The van der Waals surface area contributed by atoms with Crippen molar-refractivity contribution in [3.8, 4) is 0 Å². The van der Waals surface area contributed by atoms with Crippen LogP contribution in [0, 0.1) is 5.82 Å². The molecule has 2 N–H and O–H groups in total. The maximum Gasteiger partial charge on any atom is 0.129 e. The van der Waals surface area contributed by atoms with Crippen LogP contribution >= 0.6 is 11.6 Å². The number of halogens is 2. The number of nitrogens with zero attached hydrogens (tertiary/aromatic N) is 1. The summed E-state index contributed by atoms with van der Waals surface area (Å²) in [5, 5.41) is 0.459. The molecule has 1 aromatic carbocycles. The standard InChI is InChI=1S/C15H18ClFN2/c1-2-12(18)8-11-6-7-19(9-11)10-13-14(16)4-3-5-15(13)17/h3-7,9,12H,2,8,10,18H2,1H3. The van der Waals surface area contributed by atoms with Crippen molar-refractivity contribution in [3.63, 3.8) is 0 Å². The second kappa shape index (κ2) is 6.22. The summed E-state index contributed by atoms with van der Waals surface area (Å²) in [6.07, 6.45) is 5.72. The Labute approximate surface area is 118 Å². The molecule has 0 aliphatic carbocycles. The lowest BCUT2D eigenvalue weighted by Crippen LogP contribution is -2.21. The Morgan fingerprint density at radius 3 is 2.84 bits per heavy atom. The maximum atomic E-state index is 13.7. The van der Waals surface area contributed by atoms with Gasteiger partial charge in [0, 0.05) is 29.0 Å². The summed E-state index contributed by atoms with van der Waals surface area (Å²) in [5.41, 5.74) is 7.61. The van der Waals surface area contributed by atoms with Crippen molar-refractivity contribution >= 4 is 11.6 Å². The average Bonchev–Trinajstić information content (AvgIpc) is 2.81. The Balaban J connectivity index is 2.12. The Bertz CT molecular complexity index is 531. The summed E-state index contributed by atoms with van der Waals surface area (Å²) in [6, 6.07) is 6.94. The SMILES string of the molecule is CCC(N)Cc1ccn(Cc2c(F)cccc2Cl)c1. The largest absolute Gasteiger partial charge is 0.349 e. The molecule has 0 fully saturated rings. The van der Waals surface area contributed by atoms with E-state index in [0.717, 1.165) is 12.8 Å². The monoisotopic (exact) mass is 280 g/mol. The molecular formula is C15H18ClFN2. The van der Waals surface area contributed by atoms with Gasteiger partial charge in [-0.25, -0.2) is 4.39 Å². The van der Waals surface area contributed by atoms with Gasteiger partial charge in [-0.05, 0) is 36.6 Å². The van der Waals surface area contributed by atoms with Gasteiger partial charge in [-0.1, -0.05) is 24.6 Å². The topological polar surface area (TPSA) is 30.9 Å². The zero-order chi connectivity index (χ0) is 13.8. The van der Waals surface area contributed by atoms with Gasteiger partial charge < -0.3 is 10.3 Å². The first-order chi connectivity index (χ1) is 9.10. The lowest BCUT2D eigenvalue weighted by atomic mass is 10.1. The van der Waals surface area contributed by atoms with Crippen molar-refractivity contribution in [1.82, 2.24) is 4.57 Å². The van der Waals surface area contributed by atoms with E-state index in [2.05, 4.69) is 6.92 Å². The molecule has 0 aliphatic heterocycles.